The summed E-state index contributed by atoms with van der Waals surface area (Å²) in [7, 11) is 0. The Kier molecular flexibility index (Phi) is 6.31. The smallest absolute Gasteiger partial charge is 0.339 e. The monoisotopic (exact) mass is 328 g/mol. The first-order valence-electron chi connectivity index (χ1n) is 7.59. The van der Waals surface area contributed by atoms with Crippen LogP contribution in [0.2, 0.25) is 0 Å². The Balaban J connectivity index is 1.65. The third-order valence-electron chi connectivity index (χ3n) is 3.12. The van der Waals surface area contributed by atoms with Crippen molar-refractivity contribution in [2.45, 2.75) is 13.8 Å². The molecular formula is C18H20N2O4. The molecule has 6 nitrogen and oxygen atoms in total. The van der Waals surface area contributed by atoms with E-state index in [9.17, 15) is 9.59 Å². The molecule has 0 aliphatic rings. The van der Waals surface area contributed by atoms with E-state index in [4.69, 9.17) is 9.47 Å². The van der Waals surface area contributed by atoms with Gasteiger partial charge in [-0.15, -0.1) is 0 Å². The molecule has 1 amide bonds. The second kappa shape index (κ2) is 8.67. The molecule has 1 N–H and O–H groups in total. The van der Waals surface area contributed by atoms with Crippen LogP contribution in [0.3, 0.4) is 0 Å². The van der Waals surface area contributed by atoms with E-state index in [2.05, 4.69) is 10.3 Å². The number of nitrogens with zero attached hydrogens (tertiary/aromatic N) is 1. The molecule has 0 bridgehead atoms. The number of rotatable bonds is 7. The molecular weight excluding hydrogens is 308 g/mol. The maximum atomic E-state index is 11.7. The van der Waals surface area contributed by atoms with Gasteiger partial charge in [0.05, 0.1) is 12.1 Å². The van der Waals surface area contributed by atoms with Crippen molar-refractivity contribution in [1.82, 2.24) is 10.3 Å². The predicted molar refractivity (Wildman–Crippen MR) is 88.9 cm³/mol. The Morgan fingerprint density at radius 3 is 2.58 bits per heavy atom. The summed E-state index contributed by atoms with van der Waals surface area (Å²) in [5.41, 5.74) is 2.53. The van der Waals surface area contributed by atoms with Crippen molar-refractivity contribution in [3.63, 3.8) is 0 Å². The Labute approximate surface area is 140 Å². The third kappa shape index (κ3) is 5.72. The van der Waals surface area contributed by atoms with E-state index in [1.165, 1.54) is 6.20 Å². The number of hydrogen-bond donors (Lipinski definition) is 1. The van der Waals surface area contributed by atoms with Gasteiger partial charge in [0.1, 0.15) is 12.4 Å². The highest BCUT2D eigenvalue weighted by Gasteiger charge is 2.07. The van der Waals surface area contributed by atoms with E-state index in [0.29, 0.717) is 11.3 Å². The number of ether oxygens (including phenoxy) is 2. The molecule has 1 aromatic heterocycles. The highest BCUT2D eigenvalue weighted by atomic mass is 16.5. The lowest BCUT2D eigenvalue weighted by Gasteiger charge is -2.09. The second-order valence-corrected chi connectivity index (χ2v) is 5.34. The summed E-state index contributed by atoms with van der Waals surface area (Å²) in [4.78, 5) is 27.2. The van der Waals surface area contributed by atoms with Gasteiger partial charge in [-0.3, -0.25) is 9.78 Å². The molecule has 0 aliphatic heterocycles. The lowest BCUT2D eigenvalue weighted by molar-refractivity contribution is -0.123. The summed E-state index contributed by atoms with van der Waals surface area (Å²) in [6.45, 7) is 4.16. The van der Waals surface area contributed by atoms with Gasteiger partial charge in [-0.05, 0) is 49.2 Å². The molecule has 2 rings (SSSR count). The molecule has 0 radical (unpaired) electrons. The number of benzene rings is 1. The lowest BCUT2D eigenvalue weighted by Crippen LogP contribution is -2.32. The van der Waals surface area contributed by atoms with Gasteiger partial charge in [0.2, 0.25) is 0 Å². The first-order valence-corrected chi connectivity index (χ1v) is 7.59. The molecule has 0 atom stereocenters. The molecule has 1 heterocycles. The maximum absolute atomic E-state index is 11.7. The third-order valence-corrected chi connectivity index (χ3v) is 3.12. The van der Waals surface area contributed by atoms with E-state index in [-0.39, 0.29) is 25.7 Å². The number of carbonyl (C=O) groups is 2. The first kappa shape index (κ1) is 17.5. The topological polar surface area (TPSA) is 77.5 Å². The van der Waals surface area contributed by atoms with Crippen LogP contribution in [0.15, 0.2) is 42.7 Å². The Morgan fingerprint density at radius 1 is 1.17 bits per heavy atom. The van der Waals surface area contributed by atoms with Crippen LogP contribution in [0, 0.1) is 13.8 Å². The number of pyridine rings is 1. The predicted octanol–water partition coefficient (Wildman–Crippen LogP) is 2.05. The van der Waals surface area contributed by atoms with Crippen LogP contribution in [0.1, 0.15) is 21.5 Å². The SMILES string of the molecule is Cc1cc(C)cc(OCC(=O)NCCOC(=O)c2cccnc2)c1. The van der Waals surface area contributed by atoms with Crippen molar-refractivity contribution in [1.29, 1.82) is 0 Å². The number of aromatic nitrogens is 1. The van der Waals surface area contributed by atoms with Crippen LogP contribution in [0.4, 0.5) is 0 Å². The molecule has 0 fully saturated rings. The van der Waals surface area contributed by atoms with E-state index >= 15 is 0 Å². The summed E-state index contributed by atoms with van der Waals surface area (Å²) >= 11 is 0. The fraction of sp³-hybridized carbons (Fsp3) is 0.278. The largest absolute Gasteiger partial charge is 0.484 e. The van der Waals surface area contributed by atoms with Crippen molar-refractivity contribution < 1.29 is 19.1 Å². The van der Waals surface area contributed by atoms with Crippen molar-refractivity contribution in [3.05, 3.63) is 59.4 Å². The van der Waals surface area contributed by atoms with E-state index < -0.39 is 5.97 Å². The fourth-order valence-electron chi connectivity index (χ4n) is 2.12. The van der Waals surface area contributed by atoms with Crippen molar-refractivity contribution in [2.24, 2.45) is 0 Å². The van der Waals surface area contributed by atoms with Crippen LogP contribution < -0.4 is 10.1 Å². The normalized spacial score (nSPS) is 10.1. The minimum absolute atomic E-state index is 0.0839. The van der Waals surface area contributed by atoms with Crippen LogP contribution in [-0.2, 0) is 9.53 Å². The summed E-state index contributed by atoms with van der Waals surface area (Å²) in [5.74, 6) is -0.0823. The molecule has 0 spiro atoms. The number of hydrogen-bond acceptors (Lipinski definition) is 5. The molecule has 0 saturated carbocycles. The quantitative estimate of drug-likeness (QED) is 0.622. The summed E-state index contributed by atoms with van der Waals surface area (Å²) in [6, 6.07) is 9.05. The molecule has 1 aromatic carbocycles. The van der Waals surface area contributed by atoms with Gasteiger partial charge in [-0.1, -0.05) is 6.07 Å². The van der Waals surface area contributed by atoms with Crippen LogP contribution >= 0.6 is 0 Å². The minimum Gasteiger partial charge on any atom is -0.484 e. The van der Waals surface area contributed by atoms with Gasteiger partial charge >= 0.3 is 5.97 Å². The van der Waals surface area contributed by atoms with Crippen molar-refractivity contribution >= 4 is 11.9 Å². The Morgan fingerprint density at radius 2 is 1.92 bits per heavy atom. The maximum Gasteiger partial charge on any atom is 0.339 e. The van der Waals surface area contributed by atoms with Crippen molar-refractivity contribution in [2.75, 3.05) is 19.8 Å². The summed E-state index contributed by atoms with van der Waals surface area (Å²) < 4.78 is 10.5. The van der Waals surface area contributed by atoms with E-state index in [0.717, 1.165) is 11.1 Å². The van der Waals surface area contributed by atoms with Crippen LogP contribution in [0.25, 0.3) is 0 Å². The standard InChI is InChI=1S/C18H20N2O4/c1-13-8-14(2)10-16(9-13)24-12-17(21)20-6-7-23-18(22)15-4-3-5-19-11-15/h3-5,8-11H,6-7,12H2,1-2H3,(H,20,21). The zero-order valence-electron chi connectivity index (χ0n) is 13.7. The molecule has 0 saturated heterocycles. The molecule has 126 valence electrons. The lowest BCUT2D eigenvalue weighted by atomic mass is 10.1. The number of amides is 1. The highest BCUT2D eigenvalue weighted by Crippen LogP contribution is 2.15. The van der Waals surface area contributed by atoms with E-state index in [1.54, 1.807) is 18.3 Å². The average molecular weight is 328 g/mol. The molecule has 6 heteroatoms. The van der Waals surface area contributed by atoms with Gasteiger partial charge in [-0.25, -0.2) is 4.79 Å². The highest BCUT2D eigenvalue weighted by molar-refractivity contribution is 5.88. The van der Waals surface area contributed by atoms with Crippen LogP contribution in [0.5, 0.6) is 5.75 Å². The van der Waals surface area contributed by atoms with Crippen molar-refractivity contribution in [3.8, 4) is 5.75 Å². The number of nitrogens with one attached hydrogen (secondary N) is 1. The fourth-order valence-corrected chi connectivity index (χ4v) is 2.12. The number of carbonyl (C=O) groups excluding carboxylic acids is 2. The number of aryl methyl sites for hydroxylation is 2. The Hall–Kier alpha value is -2.89. The zero-order valence-corrected chi connectivity index (χ0v) is 13.7. The Bertz CT molecular complexity index is 681. The van der Waals surface area contributed by atoms with E-state index in [1.807, 2.05) is 32.0 Å². The van der Waals surface area contributed by atoms with Gasteiger partial charge in [0.15, 0.2) is 6.61 Å². The first-order chi connectivity index (χ1) is 11.5. The molecule has 0 unspecified atom stereocenters. The number of esters is 1. The molecule has 0 aliphatic carbocycles. The summed E-state index contributed by atoms with van der Waals surface area (Å²) in [5, 5.41) is 2.63. The van der Waals surface area contributed by atoms with Crippen LogP contribution in [-0.4, -0.2) is 36.6 Å². The average Bonchev–Trinajstić information content (AvgIpc) is 2.56. The van der Waals surface area contributed by atoms with Gasteiger partial charge < -0.3 is 14.8 Å². The van der Waals surface area contributed by atoms with Gasteiger partial charge in [-0.2, -0.15) is 0 Å². The van der Waals surface area contributed by atoms with Gasteiger partial charge in [0.25, 0.3) is 5.91 Å². The summed E-state index contributed by atoms with van der Waals surface area (Å²) in [6.07, 6.45) is 3.01. The van der Waals surface area contributed by atoms with Gasteiger partial charge in [0, 0.05) is 12.4 Å². The molecule has 2 aromatic rings. The minimum atomic E-state index is -0.469. The zero-order chi connectivity index (χ0) is 17.4. The second-order valence-electron chi connectivity index (χ2n) is 5.34. The molecule has 24 heavy (non-hydrogen) atoms.